The Kier molecular flexibility index (Phi) is 3.84. The largest absolute Gasteiger partial charge is 0.310 e. The van der Waals surface area contributed by atoms with Gasteiger partial charge in [-0.3, -0.25) is 0 Å². The van der Waals surface area contributed by atoms with Gasteiger partial charge in [0.2, 0.25) is 0 Å². The molecule has 76 valence electrons. The first-order valence-corrected chi connectivity index (χ1v) is 5.13. The molecule has 1 aromatic carbocycles. The maximum absolute atomic E-state index is 13.0. The Morgan fingerprint density at radius 1 is 1.57 bits per heavy atom. The van der Waals surface area contributed by atoms with Gasteiger partial charge in [0.25, 0.3) is 0 Å². The van der Waals surface area contributed by atoms with Crippen LogP contribution < -0.4 is 5.32 Å². The molecule has 1 aromatic rings. The van der Waals surface area contributed by atoms with Crippen molar-refractivity contribution in [3.8, 4) is 0 Å². The highest BCUT2D eigenvalue weighted by molar-refractivity contribution is 9.10. The summed E-state index contributed by atoms with van der Waals surface area (Å²) in [6.45, 7) is 5.78. The summed E-state index contributed by atoms with van der Waals surface area (Å²) in [5, 5.41) is 3.09. The lowest BCUT2D eigenvalue weighted by molar-refractivity contribution is 0.614. The van der Waals surface area contributed by atoms with Gasteiger partial charge in [0.1, 0.15) is 5.82 Å². The maximum Gasteiger partial charge on any atom is 0.123 e. The van der Waals surface area contributed by atoms with Crippen molar-refractivity contribution in [3.63, 3.8) is 0 Å². The van der Waals surface area contributed by atoms with Crippen LogP contribution in [0.15, 0.2) is 34.8 Å². The third-order valence-electron chi connectivity index (χ3n) is 2.05. The molecule has 1 unspecified atom stereocenters. The molecule has 1 nitrogen and oxygen atoms in total. The van der Waals surface area contributed by atoms with Gasteiger partial charge in [0, 0.05) is 4.47 Å². The number of benzene rings is 1. The van der Waals surface area contributed by atoms with Crippen LogP contribution in [0.5, 0.6) is 0 Å². The standard InChI is InChI=1S/C11H13BrFN/c1-7(2)11(14-3)9-6-8(13)4-5-10(9)12/h4-6,11,14H,1H2,2-3H3. The smallest absolute Gasteiger partial charge is 0.123 e. The minimum absolute atomic E-state index is 0.0138. The zero-order valence-corrected chi connectivity index (χ0v) is 9.86. The number of rotatable bonds is 3. The van der Waals surface area contributed by atoms with E-state index in [9.17, 15) is 4.39 Å². The predicted octanol–water partition coefficient (Wildman–Crippen LogP) is 3.42. The van der Waals surface area contributed by atoms with Crippen LogP contribution in [0.2, 0.25) is 0 Å². The van der Waals surface area contributed by atoms with E-state index in [4.69, 9.17) is 0 Å². The molecule has 1 rings (SSSR count). The summed E-state index contributed by atoms with van der Waals surface area (Å²) in [7, 11) is 1.83. The van der Waals surface area contributed by atoms with Crippen LogP contribution in [0.25, 0.3) is 0 Å². The normalized spacial score (nSPS) is 12.6. The topological polar surface area (TPSA) is 12.0 Å². The van der Waals surface area contributed by atoms with Crippen LogP contribution in [-0.2, 0) is 0 Å². The van der Waals surface area contributed by atoms with E-state index in [1.807, 2.05) is 14.0 Å². The lowest BCUT2D eigenvalue weighted by atomic mass is 10.0. The molecular weight excluding hydrogens is 245 g/mol. The van der Waals surface area contributed by atoms with E-state index in [0.717, 1.165) is 15.6 Å². The molecule has 0 spiro atoms. The third-order valence-corrected chi connectivity index (χ3v) is 2.77. The van der Waals surface area contributed by atoms with Gasteiger partial charge >= 0.3 is 0 Å². The molecule has 0 fully saturated rings. The fourth-order valence-corrected chi connectivity index (χ4v) is 1.88. The van der Waals surface area contributed by atoms with Crippen LogP contribution in [0.4, 0.5) is 4.39 Å². The lowest BCUT2D eigenvalue weighted by Gasteiger charge is -2.18. The second kappa shape index (κ2) is 4.71. The SMILES string of the molecule is C=C(C)C(NC)c1cc(F)ccc1Br. The van der Waals surface area contributed by atoms with E-state index in [2.05, 4.69) is 27.8 Å². The summed E-state index contributed by atoms with van der Waals surface area (Å²) in [4.78, 5) is 0. The van der Waals surface area contributed by atoms with Crippen molar-refractivity contribution >= 4 is 15.9 Å². The van der Waals surface area contributed by atoms with Gasteiger partial charge in [-0.05, 0) is 37.7 Å². The zero-order chi connectivity index (χ0) is 10.7. The first kappa shape index (κ1) is 11.4. The fraction of sp³-hybridized carbons (Fsp3) is 0.273. The van der Waals surface area contributed by atoms with Crippen LogP contribution in [0.1, 0.15) is 18.5 Å². The van der Waals surface area contributed by atoms with Crippen molar-refractivity contribution in [2.45, 2.75) is 13.0 Å². The van der Waals surface area contributed by atoms with Crippen molar-refractivity contribution in [2.24, 2.45) is 0 Å². The monoisotopic (exact) mass is 257 g/mol. The van der Waals surface area contributed by atoms with E-state index in [1.54, 1.807) is 6.07 Å². The number of halogens is 2. The highest BCUT2D eigenvalue weighted by Crippen LogP contribution is 2.27. The molecule has 14 heavy (non-hydrogen) atoms. The maximum atomic E-state index is 13.0. The van der Waals surface area contributed by atoms with E-state index >= 15 is 0 Å². The van der Waals surface area contributed by atoms with Gasteiger partial charge in [-0.15, -0.1) is 0 Å². The molecule has 0 saturated heterocycles. The van der Waals surface area contributed by atoms with Crippen molar-refractivity contribution < 1.29 is 4.39 Å². The number of hydrogen-bond donors (Lipinski definition) is 1. The number of hydrogen-bond acceptors (Lipinski definition) is 1. The highest BCUT2D eigenvalue weighted by atomic mass is 79.9. The molecule has 3 heteroatoms. The summed E-state index contributed by atoms with van der Waals surface area (Å²) in [6, 6.07) is 4.64. The van der Waals surface area contributed by atoms with Crippen molar-refractivity contribution in [1.29, 1.82) is 0 Å². The second-order valence-corrected chi connectivity index (χ2v) is 4.09. The lowest BCUT2D eigenvalue weighted by Crippen LogP contribution is -2.17. The summed E-state index contributed by atoms with van der Waals surface area (Å²) in [6.07, 6.45) is 0. The zero-order valence-electron chi connectivity index (χ0n) is 8.27. The highest BCUT2D eigenvalue weighted by Gasteiger charge is 2.13. The molecule has 0 saturated carbocycles. The molecular formula is C11H13BrFN. The molecule has 1 N–H and O–H groups in total. The van der Waals surface area contributed by atoms with Gasteiger partial charge in [-0.2, -0.15) is 0 Å². The Morgan fingerprint density at radius 2 is 2.21 bits per heavy atom. The summed E-state index contributed by atoms with van der Waals surface area (Å²) < 4.78 is 13.9. The van der Waals surface area contributed by atoms with Gasteiger partial charge < -0.3 is 5.32 Å². The quantitative estimate of drug-likeness (QED) is 0.819. The van der Waals surface area contributed by atoms with E-state index in [1.165, 1.54) is 12.1 Å². The van der Waals surface area contributed by atoms with Gasteiger partial charge in [0.15, 0.2) is 0 Å². The van der Waals surface area contributed by atoms with Crippen LogP contribution in [0, 0.1) is 5.82 Å². The first-order chi connectivity index (χ1) is 6.56. The van der Waals surface area contributed by atoms with E-state index < -0.39 is 0 Å². The molecule has 1 atom stereocenters. The van der Waals surface area contributed by atoms with Crippen molar-refractivity contribution in [2.75, 3.05) is 7.05 Å². The molecule has 0 bridgehead atoms. The minimum Gasteiger partial charge on any atom is -0.310 e. The molecule has 0 amide bonds. The van der Waals surface area contributed by atoms with Gasteiger partial charge in [0.05, 0.1) is 6.04 Å². The summed E-state index contributed by atoms with van der Waals surface area (Å²) >= 11 is 3.39. The van der Waals surface area contributed by atoms with Crippen molar-refractivity contribution in [3.05, 3.63) is 46.2 Å². The Morgan fingerprint density at radius 3 is 2.71 bits per heavy atom. The summed E-state index contributed by atoms with van der Waals surface area (Å²) in [5.41, 5.74) is 1.83. The Balaban J connectivity index is 3.15. The first-order valence-electron chi connectivity index (χ1n) is 4.34. The van der Waals surface area contributed by atoms with Crippen LogP contribution in [-0.4, -0.2) is 7.05 Å². The average Bonchev–Trinajstić information content (AvgIpc) is 2.11. The third kappa shape index (κ3) is 2.42. The predicted molar refractivity (Wildman–Crippen MR) is 60.7 cm³/mol. The number of likely N-dealkylation sites (N-methyl/N-ethyl adjacent to an activating group) is 1. The Bertz CT molecular complexity index is 349. The van der Waals surface area contributed by atoms with E-state index in [0.29, 0.717) is 0 Å². The van der Waals surface area contributed by atoms with Crippen molar-refractivity contribution in [1.82, 2.24) is 5.32 Å². The van der Waals surface area contributed by atoms with Gasteiger partial charge in [-0.25, -0.2) is 4.39 Å². The van der Waals surface area contributed by atoms with Gasteiger partial charge in [-0.1, -0.05) is 28.1 Å². The molecule has 0 aromatic heterocycles. The average molecular weight is 258 g/mol. The minimum atomic E-state index is -0.232. The molecule has 0 aliphatic rings. The number of nitrogens with one attached hydrogen (secondary N) is 1. The molecule has 0 radical (unpaired) electrons. The Hall–Kier alpha value is -0.670. The Labute approximate surface area is 92.1 Å². The van der Waals surface area contributed by atoms with E-state index in [-0.39, 0.29) is 11.9 Å². The second-order valence-electron chi connectivity index (χ2n) is 3.23. The molecule has 0 aliphatic carbocycles. The summed E-state index contributed by atoms with van der Waals surface area (Å²) in [5.74, 6) is -0.232. The fourth-order valence-electron chi connectivity index (χ4n) is 1.40. The van der Waals surface area contributed by atoms with Crippen LogP contribution in [0.3, 0.4) is 0 Å². The molecule has 0 heterocycles. The van der Waals surface area contributed by atoms with Crippen LogP contribution >= 0.6 is 15.9 Å². The molecule has 0 aliphatic heterocycles.